The maximum Gasteiger partial charge on any atom is 0.505 e. The summed E-state index contributed by atoms with van der Waals surface area (Å²) in [5, 5.41) is 0. The van der Waals surface area contributed by atoms with E-state index in [4.69, 9.17) is 22.6 Å². The molecule has 0 aromatic carbocycles. The van der Waals surface area contributed by atoms with E-state index in [1.807, 2.05) is 67.5 Å². The van der Waals surface area contributed by atoms with Gasteiger partial charge in [0.05, 0.1) is 16.6 Å². The molecule has 0 aliphatic carbocycles. The maximum absolute atomic E-state index is 6.25. The van der Waals surface area contributed by atoms with E-state index < -0.39 is 27.1 Å². The third-order valence-electron chi connectivity index (χ3n) is 4.41. The molecule has 5 nitrogen and oxygen atoms in total. The van der Waals surface area contributed by atoms with Gasteiger partial charge in [-0.05, 0) is 55.4 Å². The highest BCUT2D eigenvalue weighted by atomic mass is 28.4. The molecule has 1 unspecified atom stereocenters. The molecule has 0 spiro atoms. The smallest absolute Gasteiger partial charge is 0.403 e. The first-order valence-corrected chi connectivity index (χ1v) is 10.4. The highest BCUT2D eigenvalue weighted by molar-refractivity contribution is 6.77. The van der Waals surface area contributed by atoms with Crippen LogP contribution in [0.15, 0.2) is 12.2 Å². The van der Waals surface area contributed by atoms with E-state index in [9.17, 15) is 0 Å². The van der Waals surface area contributed by atoms with E-state index in [0.29, 0.717) is 19.8 Å². The fourth-order valence-electron chi connectivity index (χ4n) is 2.64. The summed E-state index contributed by atoms with van der Waals surface area (Å²) in [6.45, 7) is 17.6. The van der Waals surface area contributed by atoms with Crippen LogP contribution in [-0.2, 0) is 22.6 Å². The molecule has 1 aliphatic heterocycles. The molecule has 0 radical (unpaired) electrons. The Labute approximate surface area is 143 Å². The van der Waals surface area contributed by atoms with Crippen molar-refractivity contribution in [2.45, 2.75) is 72.0 Å². The van der Waals surface area contributed by atoms with Crippen LogP contribution < -0.4 is 0 Å². The second-order valence-electron chi connectivity index (χ2n) is 6.58. The molecule has 134 valence electrons. The third-order valence-corrected chi connectivity index (χ3v) is 7.76. The minimum atomic E-state index is -2.97. The molecule has 0 aromatic rings. The molecule has 1 heterocycles. The summed E-state index contributed by atoms with van der Waals surface area (Å²) >= 11 is 0. The van der Waals surface area contributed by atoms with E-state index in [0.717, 1.165) is 0 Å². The zero-order valence-corrected chi connectivity index (χ0v) is 17.0. The van der Waals surface area contributed by atoms with E-state index in [-0.39, 0.29) is 5.44 Å². The molecule has 1 rings (SSSR count). The number of rotatable bonds is 9. The quantitative estimate of drug-likeness (QED) is 0.472. The van der Waals surface area contributed by atoms with Gasteiger partial charge in [-0.25, -0.2) is 0 Å². The van der Waals surface area contributed by atoms with Crippen LogP contribution in [0.4, 0.5) is 0 Å². The summed E-state index contributed by atoms with van der Waals surface area (Å²) in [6.07, 6.45) is 4.02. The minimum absolute atomic E-state index is 0.201. The van der Waals surface area contributed by atoms with Crippen molar-refractivity contribution in [1.82, 2.24) is 0 Å². The van der Waals surface area contributed by atoms with Crippen molar-refractivity contribution in [2.75, 3.05) is 19.8 Å². The average Bonchev–Trinajstić information content (AvgIpc) is 2.65. The molecule has 0 saturated carbocycles. The van der Waals surface area contributed by atoms with Gasteiger partial charge in [-0.1, -0.05) is 12.2 Å². The fraction of sp³-hybridized carbons (Fsp3) is 0.875. The maximum atomic E-state index is 6.25. The van der Waals surface area contributed by atoms with Gasteiger partial charge in [0.1, 0.15) is 0 Å². The summed E-state index contributed by atoms with van der Waals surface area (Å²) in [5.74, 6) is 0. The first-order valence-electron chi connectivity index (χ1n) is 8.60. The Bertz CT molecular complexity index is 367. The molecule has 1 aliphatic rings. The lowest BCUT2D eigenvalue weighted by Crippen LogP contribution is -2.55. The van der Waals surface area contributed by atoms with E-state index >= 15 is 0 Å². The molecular formula is C16H33BO5Si. The summed E-state index contributed by atoms with van der Waals surface area (Å²) in [4.78, 5) is 0. The molecule has 7 heteroatoms. The second-order valence-corrected chi connectivity index (χ2v) is 9.32. The molecule has 0 bridgehead atoms. The van der Waals surface area contributed by atoms with Crippen LogP contribution in [0.1, 0.15) is 55.4 Å². The van der Waals surface area contributed by atoms with Crippen molar-refractivity contribution in [1.29, 1.82) is 0 Å². The minimum Gasteiger partial charge on any atom is -0.403 e. The van der Waals surface area contributed by atoms with Gasteiger partial charge in [0.15, 0.2) is 0 Å². The standard InChI is InChI=1S/C16H33BO5Si/c1-9-13-14(17-21-15(5,6)16(7,8)22-17)23(18-10-2,19-11-3)20-12-4/h9,13-14H,10-12H2,1-8H3/b13-9-. The van der Waals surface area contributed by atoms with Gasteiger partial charge in [0, 0.05) is 19.8 Å². The Hall–Kier alpha value is -0.178. The summed E-state index contributed by atoms with van der Waals surface area (Å²) < 4.78 is 30.7. The zero-order valence-electron chi connectivity index (χ0n) is 16.0. The van der Waals surface area contributed by atoms with E-state index in [1.165, 1.54) is 0 Å². The predicted octanol–water partition coefficient (Wildman–Crippen LogP) is 3.61. The summed E-state index contributed by atoms with van der Waals surface area (Å²) in [7, 11) is -3.42. The lowest BCUT2D eigenvalue weighted by atomic mass is 9.83. The molecule has 1 fully saturated rings. The van der Waals surface area contributed by atoms with Gasteiger partial charge < -0.3 is 22.6 Å². The topological polar surface area (TPSA) is 46.2 Å². The van der Waals surface area contributed by atoms with Crippen molar-refractivity contribution in [3.8, 4) is 0 Å². The Kier molecular flexibility index (Phi) is 7.50. The van der Waals surface area contributed by atoms with Crippen molar-refractivity contribution in [2.24, 2.45) is 0 Å². The molecular weight excluding hydrogens is 311 g/mol. The van der Waals surface area contributed by atoms with E-state index in [1.54, 1.807) is 0 Å². The first kappa shape index (κ1) is 20.9. The Morgan fingerprint density at radius 2 is 1.30 bits per heavy atom. The fourth-order valence-corrected chi connectivity index (χ4v) is 5.57. The third kappa shape index (κ3) is 4.46. The number of hydrogen-bond donors (Lipinski definition) is 0. The summed E-state index contributed by atoms with van der Waals surface area (Å²) in [5.41, 5.74) is -1.00. The molecule has 0 N–H and O–H groups in total. The molecule has 0 amide bonds. The Morgan fingerprint density at radius 3 is 1.61 bits per heavy atom. The van der Waals surface area contributed by atoms with Crippen LogP contribution in [0.5, 0.6) is 0 Å². The summed E-state index contributed by atoms with van der Waals surface area (Å²) in [6, 6.07) is 0. The monoisotopic (exact) mass is 344 g/mol. The van der Waals surface area contributed by atoms with Crippen molar-refractivity contribution < 1.29 is 22.6 Å². The predicted molar refractivity (Wildman–Crippen MR) is 95.3 cm³/mol. The average molecular weight is 344 g/mol. The first-order chi connectivity index (χ1) is 10.7. The van der Waals surface area contributed by atoms with E-state index in [2.05, 4.69) is 0 Å². The second kappa shape index (κ2) is 8.27. The molecule has 1 atom stereocenters. The van der Waals surface area contributed by atoms with Crippen LogP contribution >= 0.6 is 0 Å². The zero-order chi connectivity index (χ0) is 17.7. The van der Waals surface area contributed by atoms with Gasteiger partial charge in [-0.3, -0.25) is 0 Å². The van der Waals surface area contributed by atoms with Crippen LogP contribution in [0.2, 0.25) is 5.44 Å². The van der Waals surface area contributed by atoms with Gasteiger partial charge in [-0.2, -0.15) is 0 Å². The van der Waals surface area contributed by atoms with Crippen LogP contribution in [0.25, 0.3) is 0 Å². The molecule has 23 heavy (non-hydrogen) atoms. The van der Waals surface area contributed by atoms with Crippen LogP contribution in [0, 0.1) is 0 Å². The van der Waals surface area contributed by atoms with Crippen molar-refractivity contribution in [3.05, 3.63) is 12.2 Å². The van der Waals surface area contributed by atoms with Crippen molar-refractivity contribution >= 4 is 15.9 Å². The SMILES string of the molecule is C/C=C\C(B1OC(C)(C)C(C)(C)O1)[Si](OCC)(OCC)OCC. The lowest BCUT2D eigenvalue weighted by molar-refractivity contribution is 0.00578. The number of allylic oxidation sites excluding steroid dienone is 2. The normalized spacial score (nSPS) is 22.0. The highest BCUT2D eigenvalue weighted by Gasteiger charge is 2.62. The van der Waals surface area contributed by atoms with Crippen LogP contribution in [0.3, 0.4) is 0 Å². The van der Waals surface area contributed by atoms with Crippen LogP contribution in [-0.4, -0.2) is 46.9 Å². The van der Waals surface area contributed by atoms with Crippen molar-refractivity contribution in [3.63, 3.8) is 0 Å². The van der Waals surface area contributed by atoms with Gasteiger partial charge in [-0.15, -0.1) is 0 Å². The highest BCUT2D eigenvalue weighted by Crippen LogP contribution is 2.43. The van der Waals surface area contributed by atoms with Gasteiger partial charge in [0.2, 0.25) is 0 Å². The largest absolute Gasteiger partial charge is 0.505 e. The Balaban J connectivity index is 3.20. The van der Waals surface area contributed by atoms with Gasteiger partial charge in [0.25, 0.3) is 0 Å². The van der Waals surface area contributed by atoms with Gasteiger partial charge >= 0.3 is 15.9 Å². The lowest BCUT2D eigenvalue weighted by Gasteiger charge is -2.34. The molecule has 1 saturated heterocycles. The number of hydrogen-bond acceptors (Lipinski definition) is 5. The molecule has 0 aromatic heterocycles. The Morgan fingerprint density at radius 1 is 0.913 bits per heavy atom.